The van der Waals surface area contributed by atoms with Crippen LogP contribution >= 0.6 is 25.3 Å². The second-order valence-electron chi connectivity index (χ2n) is 1.03. The minimum absolute atomic E-state index is 0.940. The van der Waals surface area contributed by atoms with Gasteiger partial charge in [-0.3, -0.25) is 0 Å². The van der Waals surface area contributed by atoms with Crippen LogP contribution in [-0.2, 0) is 0 Å². The Morgan fingerprint density at radius 2 is 2.14 bits per heavy atom. The maximum absolute atomic E-state index is 4.04. The van der Waals surface area contributed by atoms with Gasteiger partial charge in [0.2, 0.25) is 0 Å². The zero-order valence-electron chi connectivity index (χ0n) is 4.13. The molecule has 0 nitrogen and oxygen atoms in total. The van der Waals surface area contributed by atoms with Gasteiger partial charge in [0.05, 0.1) is 0 Å². The van der Waals surface area contributed by atoms with Crippen LogP contribution in [0.5, 0.6) is 0 Å². The Bertz CT molecular complexity index is 92.3. The first-order valence-corrected chi connectivity index (χ1v) is 2.93. The molecule has 0 saturated heterocycles. The molecule has 0 saturated carbocycles. The van der Waals surface area contributed by atoms with E-state index < -0.39 is 0 Å². The SMILES string of the molecule is C/C=C(S)/C=C\S. The standard InChI is InChI=1S/C5H8S2/c1-2-5(7)3-4-6/h2-4,6-7H,1H3/b4-3-,5-2-. The van der Waals surface area contributed by atoms with Crippen molar-refractivity contribution in [3.63, 3.8) is 0 Å². The first-order valence-electron chi connectivity index (χ1n) is 1.97. The fraction of sp³-hybridized carbons (Fsp3) is 0.200. The molecule has 0 aliphatic rings. The van der Waals surface area contributed by atoms with Crippen LogP contribution in [0, 0.1) is 0 Å². The summed E-state index contributed by atoms with van der Waals surface area (Å²) >= 11 is 7.88. The minimum atomic E-state index is 0.940. The van der Waals surface area contributed by atoms with Crippen molar-refractivity contribution in [1.82, 2.24) is 0 Å². The van der Waals surface area contributed by atoms with E-state index in [0.29, 0.717) is 0 Å². The molecule has 0 rings (SSSR count). The Hall–Kier alpha value is 0.180. The number of thiol groups is 2. The molecular formula is C5H8S2. The molecule has 0 unspecified atom stereocenters. The monoisotopic (exact) mass is 132 g/mol. The third-order valence-electron chi connectivity index (χ3n) is 0.541. The van der Waals surface area contributed by atoms with Crippen LogP contribution in [0.4, 0.5) is 0 Å². The molecule has 0 aromatic carbocycles. The first kappa shape index (κ1) is 7.18. The fourth-order valence-electron chi connectivity index (χ4n) is 0.173. The molecule has 0 amide bonds. The number of allylic oxidation sites excluding steroid dienone is 2. The molecule has 0 fully saturated rings. The molecule has 0 aromatic heterocycles. The van der Waals surface area contributed by atoms with Crippen molar-refractivity contribution >= 4 is 25.3 Å². The lowest BCUT2D eigenvalue weighted by Crippen LogP contribution is -1.54. The molecule has 0 bridgehead atoms. The van der Waals surface area contributed by atoms with Crippen LogP contribution in [0.3, 0.4) is 0 Å². The minimum Gasteiger partial charge on any atom is -0.151 e. The molecule has 0 spiro atoms. The summed E-state index contributed by atoms with van der Waals surface area (Å²) in [5.41, 5.74) is 0. The molecule has 7 heavy (non-hydrogen) atoms. The largest absolute Gasteiger partial charge is 0.151 e. The van der Waals surface area contributed by atoms with E-state index in [1.165, 1.54) is 0 Å². The summed E-state index contributed by atoms with van der Waals surface area (Å²) in [6.07, 6.45) is 3.71. The molecule has 0 N–H and O–H groups in total. The molecule has 0 aromatic rings. The quantitative estimate of drug-likeness (QED) is 0.397. The summed E-state index contributed by atoms with van der Waals surface area (Å²) < 4.78 is 0. The fourth-order valence-corrected chi connectivity index (χ4v) is 0.525. The lowest BCUT2D eigenvalue weighted by atomic mass is 10.5. The molecule has 0 atom stereocenters. The summed E-state index contributed by atoms with van der Waals surface area (Å²) in [5, 5.41) is 1.66. The normalized spacial score (nSPS) is 13.3. The molecule has 0 heterocycles. The van der Waals surface area contributed by atoms with Crippen molar-refractivity contribution in [3.8, 4) is 0 Å². The van der Waals surface area contributed by atoms with Crippen LogP contribution in [-0.4, -0.2) is 0 Å². The zero-order valence-corrected chi connectivity index (χ0v) is 5.92. The van der Waals surface area contributed by atoms with Gasteiger partial charge in [0.1, 0.15) is 0 Å². The van der Waals surface area contributed by atoms with Crippen LogP contribution in [0.25, 0.3) is 0 Å². The third-order valence-corrected chi connectivity index (χ3v) is 1.10. The van der Waals surface area contributed by atoms with Gasteiger partial charge < -0.3 is 0 Å². The second kappa shape index (κ2) is 4.34. The summed E-state index contributed by atoms with van der Waals surface area (Å²) in [4.78, 5) is 0.940. The van der Waals surface area contributed by atoms with Crippen molar-refractivity contribution < 1.29 is 0 Å². The molecule has 0 radical (unpaired) electrons. The molecule has 0 aliphatic heterocycles. The molecule has 2 heteroatoms. The van der Waals surface area contributed by atoms with Crippen molar-refractivity contribution in [1.29, 1.82) is 0 Å². The lowest BCUT2D eigenvalue weighted by molar-refractivity contribution is 1.72. The van der Waals surface area contributed by atoms with Gasteiger partial charge in [0.15, 0.2) is 0 Å². The average Bonchev–Trinajstić information content (AvgIpc) is 1.68. The van der Waals surface area contributed by atoms with E-state index in [9.17, 15) is 0 Å². The summed E-state index contributed by atoms with van der Waals surface area (Å²) in [5.74, 6) is 0. The van der Waals surface area contributed by atoms with E-state index in [0.717, 1.165) is 4.91 Å². The van der Waals surface area contributed by atoms with Crippen LogP contribution in [0.1, 0.15) is 6.92 Å². The van der Waals surface area contributed by atoms with E-state index in [1.807, 2.05) is 19.1 Å². The van der Waals surface area contributed by atoms with Gasteiger partial charge >= 0.3 is 0 Å². The van der Waals surface area contributed by atoms with E-state index in [1.54, 1.807) is 5.41 Å². The summed E-state index contributed by atoms with van der Waals surface area (Å²) in [6.45, 7) is 1.93. The van der Waals surface area contributed by atoms with E-state index in [4.69, 9.17) is 0 Å². The van der Waals surface area contributed by atoms with E-state index in [2.05, 4.69) is 25.3 Å². The van der Waals surface area contributed by atoms with Gasteiger partial charge in [0.25, 0.3) is 0 Å². The van der Waals surface area contributed by atoms with E-state index in [-0.39, 0.29) is 0 Å². The van der Waals surface area contributed by atoms with Crippen molar-refractivity contribution in [2.45, 2.75) is 6.92 Å². The highest BCUT2D eigenvalue weighted by molar-refractivity contribution is 7.85. The molecular weight excluding hydrogens is 124 g/mol. The third kappa shape index (κ3) is 4.02. The Kier molecular flexibility index (Phi) is 4.45. The van der Waals surface area contributed by atoms with Crippen molar-refractivity contribution in [2.24, 2.45) is 0 Å². The second-order valence-corrected chi connectivity index (χ2v) is 1.84. The topological polar surface area (TPSA) is 0 Å². The number of hydrogen-bond donors (Lipinski definition) is 2. The lowest BCUT2D eigenvalue weighted by Gasteiger charge is -1.80. The Balaban J connectivity index is 3.58. The van der Waals surface area contributed by atoms with Gasteiger partial charge in [-0.2, -0.15) is 12.6 Å². The Labute approximate surface area is 55.1 Å². The van der Waals surface area contributed by atoms with Crippen molar-refractivity contribution in [2.75, 3.05) is 0 Å². The summed E-state index contributed by atoms with van der Waals surface area (Å²) in [6, 6.07) is 0. The molecule has 0 aliphatic carbocycles. The van der Waals surface area contributed by atoms with Gasteiger partial charge in [0, 0.05) is 4.91 Å². The highest BCUT2D eigenvalue weighted by atomic mass is 32.1. The highest BCUT2D eigenvalue weighted by Gasteiger charge is 1.71. The predicted octanol–water partition coefficient (Wildman–Crippen LogP) is 2.26. The smallest absolute Gasteiger partial charge is 0.000224 e. The average molecular weight is 132 g/mol. The van der Waals surface area contributed by atoms with Crippen molar-refractivity contribution in [3.05, 3.63) is 22.5 Å². The first-order chi connectivity index (χ1) is 3.31. The molecule has 40 valence electrons. The zero-order chi connectivity index (χ0) is 5.70. The van der Waals surface area contributed by atoms with Gasteiger partial charge in [-0.05, 0) is 18.4 Å². The number of rotatable bonds is 1. The Morgan fingerprint density at radius 1 is 1.57 bits per heavy atom. The highest BCUT2D eigenvalue weighted by Crippen LogP contribution is 2.00. The van der Waals surface area contributed by atoms with Crippen LogP contribution in [0.15, 0.2) is 22.5 Å². The maximum atomic E-state index is 4.04. The number of hydrogen-bond acceptors (Lipinski definition) is 2. The summed E-state index contributed by atoms with van der Waals surface area (Å²) in [7, 11) is 0. The Morgan fingerprint density at radius 3 is 2.29 bits per heavy atom. The maximum Gasteiger partial charge on any atom is 0.000224 e. The predicted molar refractivity (Wildman–Crippen MR) is 40.9 cm³/mol. The van der Waals surface area contributed by atoms with Crippen LogP contribution < -0.4 is 0 Å². The van der Waals surface area contributed by atoms with E-state index >= 15 is 0 Å². The van der Waals surface area contributed by atoms with Gasteiger partial charge in [-0.1, -0.05) is 6.08 Å². The van der Waals surface area contributed by atoms with Gasteiger partial charge in [-0.15, -0.1) is 12.6 Å². The van der Waals surface area contributed by atoms with Crippen LogP contribution in [0.2, 0.25) is 0 Å². The van der Waals surface area contributed by atoms with Gasteiger partial charge in [-0.25, -0.2) is 0 Å².